The molecule has 0 aliphatic heterocycles. The first-order valence-electron chi connectivity index (χ1n) is 6.27. The van der Waals surface area contributed by atoms with Crippen LogP contribution < -0.4 is 10.6 Å². The molecule has 0 bridgehead atoms. The molecular formula is C14H23BrN2O. The van der Waals surface area contributed by atoms with E-state index in [9.17, 15) is 5.11 Å². The molecule has 0 aliphatic carbocycles. The highest BCUT2D eigenvalue weighted by Crippen LogP contribution is 2.29. The highest BCUT2D eigenvalue weighted by atomic mass is 79.9. The second-order valence-electron chi connectivity index (χ2n) is 5.33. The van der Waals surface area contributed by atoms with E-state index in [-0.39, 0.29) is 6.04 Å². The Labute approximate surface area is 118 Å². The van der Waals surface area contributed by atoms with E-state index in [2.05, 4.69) is 33.8 Å². The molecule has 3 N–H and O–H groups in total. The molecule has 0 amide bonds. The monoisotopic (exact) mass is 314 g/mol. The van der Waals surface area contributed by atoms with Crippen LogP contribution in [0, 0.1) is 0 Å². The van der Waals surface area contributed by atoms with Gasteiger partial charge >= 0.3 is 0 Å². The summed E-state index contributed by atoms with van der Waals surface area (Å²) in [6, 6.07) is 6.17. The van der Waals surface area contributed by atoms with Crippen molar-refractivity contribution in [2.24, 2.45) is 5.73 Å². The Bertz CT molecular complexity index is 399. The van der Waals surface area contributed by atoms with Crippen molar-refractivity contribution < 1.29 is 5.11 Å². The number of likely N-dealkylation sites (N-methyl/N-ethyl adjacent to an activating group) is 1. The van der Waals surface area contributed by atoms with Gasteiger partial charge in [-0.2, -0.15) is 0 Å². The van der Waals surface area contributed by atoms with Crippen LogP contribution in [-0.4, -0.2) is 23.8 Å². The summed E-state index contributed by atoms with van der Waals surface area (Å²) in [4.78, 5) is 2.15. The van der Waals surface area contributed by atoms with Gasteiger partial charge in [0.25, 0.3) is 0 Å². The predicted molar refractivity (Wildman–Crippen MR) is 80.9 cm³/mol. The zero-order valence-electron chi connectivity index (χ0n) is 11.6. The topological polar surface area (TPSA) is 49.5 Å². The van der Waals surface area contributed by atoms with Crippen molar-refractivity contribution >= 4 is 21.6 Å². The van der Waals surface area contributed by atoms with Crippen molar-refractivity contribution in [1.29, 1.82) is 0 Å². The van der Waals surface area contributed by atoms with E-state index in [1.807, 2.05) is 32.9 Å². The molecule has 0 aliphatic rings. The second-order valence-corrected chi connectivity index (χ2v) is 6.18. The van der Waals surface area contributed by atoms with Crippen molar-refractivity contribution in [1.82, 2.24) is 0 Å². The number of anilines is 1. The number of aliphatic hydroxyl groups is 1. The van der Waals surface area contributed by atoms with Crippen LogP contribution in [0.4, 0.5) is 5.69 Å². The predicted octanol–water partition coefficient (Wildman–Crippen LogP) is 3.07. The molecule has 0 saturated heterocycles. The van der Waals surface area contributed by atoms with Crippen molar-refractivity contribution in [3.8, 4) is 0 Å². The lowest BCUT2D eigenvalue weighted by atomic mass is 10.1. The third-order valence-corrected chi connectivity index (χ3v) is 3.43. The Balaban J connectivity index is 3.00. The summed E-state index contributed by atoms with van der Waals surface area (Å²) >= 11 is 3.59. The maximum atomic E-state index is 9.94. The van der Waals surface area contributed by atoms with Crippen LogP contribution in [0.25, 0.3) is 0 Å². The van der Waals surface area contributed by atoms with E-state index in [4.69, 9.17) is 5.73 Å². The minimum Gasteiger partial charge on any atom is -0.389 e. The van der Waals surface area contributed by atoms with Crippen molar-refractivity contribution in [2.45, 2.75) is 39.3 Å². The largest absolute Gasteiger partial charge is 0.389 e. The molecule has 0 radical (unpaired) electrons. The van der Waals surface area contributed by atoms with Gasteiger partial charge in [0.2, 0.25) is 0 Å². The van der Waals surface area contributed by atoms with Gasteiger partial charge in [0.1, 0.15) is 0 Å². The molecule has 0 heterocycles. The van der Waals surface area contributed by atoms with Crippen molar-refractivity contribution in [3.05, 3.63) is 28.2 Å². The molecule has 0 aromatic heterocycles. The van der Waals surface area contributed by atoms with Gasteiger partial charge in [-0.25, -0.2) is 0 Å². The third-order valence-electron chi connectivity index (χ3n) is 2.80. The summed E-state index contributed by atoms with van der Waals surface area (Å²) < 4.78 is 1.02. The van der Waals surface area contributed by atoms with E-state index in [0.29, 0.717) is 6.54 Å². The normalized spacial score (nSPS) is 13.5. The van der Waals surface area contributed by atoms with E-state index in [0.717, 1.165) is 22.3 Å². The van der Waals surface area contributed by atoms with E-state index >= 15 is 0 Å². The van der Waals surface area contributed by atoms with Crippen LogP contribution >= 0.6 is 15.9 Å². The molecule has 0 spiro atoms. The number of rotatable bonds is 5. The quantitative estimate of drug-likeness (QED) is 0.878. The SMILES string of the molecule is CCN(CC(C)(C)O)c1ccc([C@@H](C)N)cc1Br. The average Bonchev–Trinajstić information content (AvgIpc) is 2.24. The number of benzene rings is 1. The van der Waals surface area contributed by atoms with Gasteiger partial charge in [-0.05, 0) is 61.3 Å². The smallest absolute Gasteiger partial charge is 0.0765 e. The summed E-state index contributed by atoms with van der Waals surface area (Å²) in [6.45, 7) is 9.13. The summed E-state index contributed by atoms with van der Waals surface area (Å²) in [7, 11) is 0. The summed E-state index contributed by atoms with van der Waals surface area (Å²) in [6.07, 6.45) is 0. The first-order valence-corrected chi connectivity index (χ1v) is 7.06. The van der Waals surface area contributed by atoms with Crippen LogP contribution in [-0.2, 0) is 0 Å². The maximum Gasteiger partial charge on any atom is 0.0765 e. The number of hydrogen-bond donors (Lipinski definition) is 2. The fourth-order valence-electron chi connectivity index (χ4n) is 1.90. The first kappa shape index (κ1) is 15.5. The molecule has 18 heavy (non-hydrogen) atoms. The van der Waals surface area contributed by atoms with Gasteiger partial charge < -0.3 is 15.7 Å². The van der Waals surface area contributed by atoms with Gasteiger partial charge in [0, 0.05) is 23.6 Å². The zero-order chi connectivity index (χ0) is 13.9. The third kappa shape index (κ3) is 4.26. The standard InChI is InChI=1S/C14H23BrN2O/c1-5-17(9-14(3,4)18)13-7-6-11(10(2)16)8-12(13)15/h6-8,10,18H,5,9,16H2,1-4H3/t10-/m1/s1. The summed E-state index contributed by atoms with van der Waals surface area (Å²) in [5.74, 6) is 0. The number of nitrogens with two attached hydrogens (primary N) is 1. The molecule has 102 valence electrons. The summed E-state index contributed by atoms with van der Waals surface area (Å²) in [5, 5.41) is 9.94. The van der Waals surface area contributed by atoms with E-state index in [1.165, 1.54) is 0 Å². The molecule has 4 heteroatoms. The highest BCUT2D eigenvalue weighted by molar-refractivity contribution is 9.10. The first-order chi connectivity index (χ1) is 8.24. The lowest BCUT2D eigenvalue weighted by Crippen LogP contribution is -2.38. The van der Waals surface area contributed by atoms with Crippen molar-refractivity contribution in [3.63, 3.8) is 0 Å². The Morgan fingerprint density at radius 3 is 2.44 bits per heavy atom. The van der Waals surface area contributed by atoms with Crippen LogP contribution in [0.3, 0.4) is 0 Å². The average molecular weight is 315 g/mol. The lowest BCUT2D eigenvalue weighted by molar-refractivity contribution is 0.0875. The molecule has 0 saturated carbocycles. The Morgan fingerprint density at radius 1 is 1.44 bits per heavy atom. The van der Waals surface area contributed by atoms with Crippen LogP contribution in [0.15, 0.2) is 22.7 Å². The Morgan fingerprint density at radius 2 is 2.06 bits per heavy atom. The Hall–Kier alpha value is -0.580. The van der Waals surface area contributed by atoms with E-state index < -0.39 is 5.60 Å². The molecule has 1 atom stereocenters. The van der Waals surface area contributed by atoms with E-state index in [1.54, 1.807) is 0 Å². The molecule has 3 nitrogen and oxygen atoms in total. The maximum absolute atomic E-state index is 9.94. The van der Waals surface area contributed by atoms with Crippen LogP contribution in [0.1, 0.15) is 39.3 Å². The molecule has 1 rings (SSSR count). The van der Waals surface area contributed by atoms with Crippen LogP contribution in [0.2, 0.25) is 0 Å². The van der Waals surface area contributed by atoms with Crippen LogP contribution in [0.5, 0.6) is 0 Å². The molecule has 1 aromatic carbocycles. The number of hydrogen-bond acceptors (Lipinski definition) is 3. The van der Waals surface area contributed by atoms with Gasteiger partial charge in [0.15, 0.2) is 0 Å². The van der Waals surface area contributed by atoms with Crippen molar-refractivity contribution in [2.75, 3.05) is 18.0 Å². The molecule has 1 aromatic rings. The lowest BCUT2D eigenvalue weighted by Gasteiger charge is -2.31. The fourth-order valence-corrected chi connectivity index (χ4v) is 2.54. The fraction of sp³-hybridized carbons (Fsp3) is 0.571. The molecular weight excluding hydrogens is 292 g/mol. The second kappa shape index (κ2) is 6.04. The van der Waals surface area contributed by atoms with Gasteiger partial charge in [-0.3, -0.25) is 0 Å². The minimum atomic E-state index is -0.713. The number of nitrogens with zero attached hydrogens (tertiary/aromatic N) is 1. The van der Waals surface area contributed by atoms with Gasteiger partial charge in [-0.15, -0.1) is 0 Å². The Kier molecular flexibility index (Phi) is 5.20. The molecule has 0 unspecified atom stereocenters. The minimum absolute atomic E-state index is 0.0275. The zero-order valence-corrected chi connectivity index (χ0v) is 13.2. The van der Waals surface area contributed by atoms with Gasteiger partial charge in [0.05, 0.1) is 11.3 Å². The molecule has 0 fully saturated rings. The van der Waals surface area contributed by atoms with Gasteiger partial charge in [-0.1, -0.05) is 6.07 Å². The number of halogens is 1. The highest BCUT2D eigenvalue weighted by Gasteiger charge is 2.19. The summed E-state index contributed by atoms with van der Waals surface area (Å²) in [5.41, 5.74) is 7.34.